The lowest BCUT2D eigenvalue weighted by Crippen LogP contribution is -2.58. The molecular weight excluding hydrogens is 210 g/mol. The van der Waals surface area contributed by atoms with Crippen LogP contribution in [-0.4, -0.2) is 41.5 Å². The Labute approximate surface area is 93.3 Å². The molecular formula is C10H15N3OS. The molecule has 15 heavy (non-hydrogen) atoms. The number of hydrogen-bond donors (Lipinski definition) is 1. The van der Waals surface area contributed by atoms with Gasteiger partial charge < -0.3 is 10.2 Å². The second-order valence-electron chi connectivity index (χ2n) is 3.67. The molecule has 0 saturated carbocycles. The zero-order valence-corrected chi connectivity index (χ0v) is 9.80. The zero-order chi connectivity index (χ0) is 10.8. The highest BCUT2D eigenvalue weighted by atomic mass is 32.1. The highest BCUT2D eigenvalue weighted by Crippen LogP contribution is 2.17. The molecule has 1 aliphatic heterocycles. The Kier molecular flexibility index (Phi) is 3.02. The minimum Gasteiger partial charge on any atom is -0.333 e. The number of hydrogen-bond acceptors (Lipinski definition) is 4. The Morgan fingerprint density at radius 1 is 1.73 bits per heavy atom. The third kappa shape index (κ3) is 1.89. The minimum atomic E-state index is 0.129. The highest BCUT2D eigenvalue weighted by molar-refractivity contribution is 7.11. The summed E-state index contributed by atoms with van der Waals surface area (Å²) in [7, 11) is 0. The van der Waals surface area contributed by atoms with Gasteiger partial charge in [-0.15, -0.1) is 11.3 Å². The fourth-order valence-electron chi connectivity index (χ4n) is 1.70. The summed E-state index contributed by atoms with van der Waals surface area (Å²) in [6.45, 7) is 6.50. The van der Waals surface area contributed by atoms with E-state index >= 15 is 0 Å². The summed E-state index contributed by atoms with van der Waals surface area (Å²) in [5, 5.41) is 3.18. The van der Waals surface area contributed by atoms with Crippen LogP contribution in [0.15, 0.2) is 5.51 Å². The number of carbonyl (C=O) groups is 1. The average molecular weight is 225 g/mol. The van der Waals surface area contributed by atoms with E-state index in [4.69, 9.17) is 0 Å². The van der Waals surface area contributed by atoms with Crippen LogP contribution in [0.3, 0.4) is 0 Å². The maximum absolute atomic E-state index is 12.2. The van der Waals surface area contributed by atoms with Crippen LogP contribution in [0.2, 0.25) is 0 Å². The molecule has 1 amide bonds. The molecule has 1 N–H and O–H groups in total. The predicted octanol–water partition coefficient (Wildman–Crippen LogP) is 0.885. The minimum absolute atomic E-state index is 0.129. The molecule has 2 rings (SSSR count). The van der Waals surface area contributed by atoms with Crippen molar-refractivity contribution in [1.29, 1.82) is 0 Å². The van der Waals surface area contributed by atoms with E-state index in [1.807, 2.05) is 18.7 Å². The van der Waals surface area contributed by atoms with Crippen LogP contribution < -0.4 is 5.32 Å². The van der Waals surface area contributed by atoms with Gasteiger partial charge in [0.05, 0.1) is 17.2 Å². The number of thiazole rings is 1. The van der Waals surface area contributed by atoms with Crippen molar-refractivity contribution in [3.05, 3.63) is 16.1 Å². The van der Waals surface area contributed by atoms with Crippen LogP contribution in [0.4, 0.5) is 0 Å². The first-order valence-electron chi connectivity index (χ1n) is 5.15. The standard InChI is InChI=1S/C10H15N3OS/c1-3-13(8-4-11-5-8)10(14)9-7(2)12-6-15-9/h6,8,11H,3-5H2,1-2H3. The van der Waals surface area contributed by atoms with E-state index in [9.17, 15) is 4.79 Å². The number of carbonyl (C=O) groups excluding carboxylic acids is 1. The molecule has 4 nitrogen and oxygen atoms in total. The Morgan fingerprint density at radius 3 is 2.87 bits per heavy atom. The fraction of sp³-hybridized carbons (Fsp3) is 0.600. The van der Waals surface area contributed by atoms with Crippen molar-refractivity contribution in [2.24, 2.45) is 0 Å². The van der Waals surface area contributed by atoms with E-state index in [0.717, 1.165) is 30.2 Å². The largest absolute Gasteiger partial charge is 0.333 e. The third-order valence-corrected chi connectivity index (χ3v) is 3.66. The molecule has 0 aromatic carbocycles. The van der Waals surface area contributed by atoms with Gasteiger partial charge in [0.1, 0.15) is 4.88 Å². The van der Waals surface area contributed by atoms with Crippen molar-refractivity contribution >= 4 is 17.2 Å². The molecule has 0 atom stereocenters. The first-order chi connectivity index (χ1) is 7.24. The molecule has 1 aromatic heterocycles. The van der Waals surface area contributed by atoms with Gasteiger partial charge in [0, 0.05) is 19.6 Å². The van der Waals surface area contributed by atoms with E-state index in [-0.39, 0.29) is 5.91 Å². The van der Waals surface area contributed by atoms with Crippen LogP contribution in [0.5, 0.6) is 0 Å². The lowest BCUT2D eigenvalue weighted by Gasteiger charge is -2.37. The number of nitrogens with one attached hydrogen (secondary N) is 1. The summed E-state index contributed by atoms with van der Waals surface area (Å²) < 4.78 is 0. The van der Waals surface area contributed by atoms with Gasteiger partial charge >= 0.3 is 0 Å². The van der Waals surface area contributed by atoms with Gasteiger partial charge in [-0.1, -0.05) is 0 Å². The molecule has 1 saturated heterocycles. The number of aromatic nitrogens is 1. The van der Waals surface area contributed by atoms with E-state index in [2.05, 4.69) is 10.3 Å². The number of nitrogens with zero attached hydrogens (tertiary/aromatic N) is 2. The summed E-state index contributed by atoms with van der Waals surface area (Å²) >= 11 is 1.43. The molecule has 0 spiro atoms. The first kappa shape index (κ1) is 10.6. The fourth-order valence-corrected chi connectivity index (χ4v) is 2.46. The molecule has 1 aromatic rings. The van der Waals surface area contributed by atoms with Gasteiger partial charge in [-0.2, -0.15) is 0 Å². The molecule has 0 radical (unpaired) electrons. The smallest absolute Gasteiger partial charge is 0.266 e. The summed E-state index contributed by atoms with van der Waals surface area (Å²) in [5.74, 6) is 0.129. The lowest BCUT2D eigenvalue weighted by molar-refractivity contribution is 0.0634. The SMILES string of the molecule is CCN(C(=O)c1scnc1C)C1CNC1. The van der Waals surface area contributed by atoms with Crippen molar-refractivity contribution in [3.63, 3.8) is 0 Å². The molecule has 82 valence electrons. The number of amides is 1. The molecule has 1 aliphatic rings. The monoisotopic (exact) mass is 225 g/mol. The third-order valence-electron chi connectivity index (χ3n) is 2.74. The second-order valence-corrected chi connectivity index (χ2v) is 4.52. The Morgan fingerprint density at radius 2 is 2.47 bits per heavy atom. The molecule has 1 fully saturated rings. The summed E-state index contributed by atoms with van der Waals surface area (Å²) in [6.07, 6.45) is 0. The van der Waals surface area contributed by atoms with Gasteiger partial charge in [0.15, 0.2) is 0 Å². The van der Waals surface area contributed by atoms with Gasteiger partial charge in [-0.3, -0.25) is 4.79 Å². The van der Waals surface area contributed by atoms with Crippen molar-refractivity contribution < 1.29 is 4.79 Å². The van der Waals surface area contributed by atoms with E-state index in [1.165, 1.54) is 11.3 Å². The van der Waals surface area contributed by atoms with E-state index in [0.29, 0.717) is 6.04 Å². The van der Waals surface area contributed by atoms with Crippen LogP contribution >= 0.6 is 11.3 Å². The van der Waals surface area contributed by atoms with Crippen LogP contribution in [0.25, 0.3) is 0 Å². The van der Waals surface area contributed by atoms with Crippen molar-refractivity contribution in [2.45, 2.75) is 19.9 Å². The first-order valence-corrected chi connectivity index (χ1v) is 6.03. The van der Waals surface area contributed by atoms with Crippen LogP contribution in [0, 0.1) is 6.92 Å². The molecule has 0 unspecified atom stereocenters. The Hall–Kier alpha value is -0.940. The van der Waals surface area contributed by atoms with Crippen molar-refractivity contribution in [1.82, 2.24) is 15.2 Å². The zero-order valence-electron chi connectivity index (χ0n) is 8.99. The van der Waals surface area contributed by atoms with Crippen LogP contribution in [0.1, 0.15) is 22.3 Å². The summed E-state index contributed by atoms with van der Waals surface area (Å²) in [4.78, 5) is 19.0. The molecule has 0 bridgehead atoms. The summed E-state index contributed by atoms with van der Waals surface area (Å²) in [5.41, 5.74) is 2.57. The molecule has 5 heteroatoms. The normalized spacial score (nSPS) is 16.1. The van der Waals surface area contributed by atoms with E-state index < -0.39 is 0 Å². The number of likely N-dealkylation sites (N-methyl/N-ethyl adjacent to an activating group) is 1. The number of aryl methyl sites for hydroxylation is 1. The average Bonchev–Trinajstić information content (AvgIpc) is 2.56. The Balaban J connectivity index is 2.14. The van der Waals surface area contributed by atoms with Crippen LogP contribution in [-0.2, 0) is 0 Å². The van der Waals surface area contributed by atoms with Gasteiger partial charge in [-0.25, -0.2) is 4.98 Å². The second kappa shape index (κ2) is 4.28. The predicted molar refractivity (Wildman–Crippen MR) is 60.2 cm³/mol. The Bertz CT molecular complexity index is 359. The van der Waals surface area contributed by atoms with Gasteiger partial charge in [0.2, 0.25) is 0 Å². The maximum atomic E-state index is 12.2. The maximum Gasteiger partial charge on any atom is 0.266 e. The quantitative estimate of drug-likeness (QED) is 0.831. The van der Waals surface area contributed by atoms with E-state index in [1.54, 1.807) is 5.51 Å². The summed E-state index contributed by atoms with van der Waals surface area (Å²) in [6, 6.07) is 0.365. The lowest BCUT2D eigenvalue weighted by atomic mass is 10.1. The number of rotatable bonds is 3. The van der Waals surface area contributed by atoms with Crippen molar-refractivity contribution in [3.8, 4) is 0 Å². The van der Waals surface area contributed by atoms with Crippen molar-refractivity contribution in [2.75, 3.05) is 19.6 Å². The van der Waals surface area contributed by atoms with Gasteiger partial charge in [0.25, 0.3) is 5.91 Å². The van der Waals surface area contributed by atoms with Gasteiger partial charge in [-0.05, 0) is 13.8 Å². The molecule has 0 aliphatic carbocycles. The topological polar surface area (TPSA) is 45.2 Å². The molecule has 2 heterocycles. The highest BCUT2D eigenvalue weighted by Gasteiger charge is 2.29.